The summed E-state index contributed by atoms with van der Waals surface area (Å²) in [5.41, 5.74) is 8.65. The van der Waals surface area contributed by atoms with Crippen LogP contribution in [0.5, 0.6) is 0 Å². The predicted octanol–water partition coefficient (Wildman–Crippen LogP) is 4.21. The largest absolute Gasteiger partial charge is 0.339 e. The molecule has 0 saturated carbocycles. The minimum Gasteiger partial charge on any atom is -0.339 e. The Morgan fingerprint density at radius 3 is 2.42 bits per heavy atom. The Morgan fingerprint density at radius 2 is 1.79 bits per heavy atom. The molecule has 1 aliphatic heterocycles. The van der Waals surface area contributed by atoms with Crippen molar-refractivity contribution >= 4 is 17.5 Å². The number of rotatable bonds is 3. The smallest absolute Gasteiger partial charge is 0.255 e. The van der Waals surface area contributed by atoms with Crippen LogP contribution >= 0.6 is 11.6 Å². The second-order valence-electron chi connectivity index (χ2n) is 6.55. The SMILES string of the molecule is CC(N)C1CCN(C(=O)c2cc(-c3ccccc3)ccc2Cl)CC1. The first-order valence-electron chi connectivity index (χ1n) is 8.46. The van der Waals surface area contributed by atoms with Gasteiger partial charge in [-0.05, 0) is 48.9 Å². The van der Waals surface area contributed by atoms with Gasteiger partial charge in [-0.2, -0.15) is 0 Å². The summed E-state index contributed by atoms with van der Waals surface area (Å²) in [5.74, 6) is 0.515. The van der Waals surface area contributed by atoms with Crippen molar-refractivity contribution in [2.75, 3.05) is 13.1 Å². The number of benzene rings is 2. The Kier molecular flexibility index (Phi) is 5.22. The summed E-state index contributed by atoms with van der Waals surface area (Å²) in [5, 5.41) is 0.508. The van der Waals surface area contributed by atoms with Crippen LogP contribution in [0, 0.1) is 5.92 Å². The molecule has 3 nitrogen and oxygen atoms in total. The average molecular weight is 343 g/mol. The molecule has 24 heavy (non-hydrogen) atoms. The number of carbonyl (C=O) groups is 1. The number of carbonyl (C=O) groups excluding carboxylic acids is 1. The quantitative estimate of drug-likeness (QED) is 0.908. The van der Waals surface area contributed by atoms with Crippen molar-refractivity contribution in [1.82, 2.24) is 4.90 Å². The van der Waals surface area contributed by atoms with Crippen molar-refractivity contribution in [1.29, 1.82) is 0 Å². The van der Waals surface area contributed by atoms with Crippen molar-refractivity contribution in [3.05, 3.63) is 59.1 Å². The van der Waals surface area contributed by atoms with Crippen molar-refractivity contribution < 1.29 is 4.79 Å². The second-order valence-corrected chi connectivity index (χ2v) is 6.96. The first kappa shape index (κ1) is 17.0. The van der Waals surface area contributed by atoms with E-state index < -0.39 is 0 Å². The van der Waals surface area contributed by atoms with Gasteiger partial charge in [-0.15, -0.1) is 0 Å². The molecular weight excluding hydrogens is 320 g/mol. The number of hydrogen-bond acceptors (Lipinski definition) is 2. The Morgan fingerprint density at radius 1 is 1.12 bits per heavy atom. The number of amides is 1. The lowest BCUT2D eigenvalue weighted by Crippen LogP contribution is -2.42. The first-order chi connectivity index (χ1) is 11.6. The third-order valence-corrected chi connectivity index (χ3v) is 5.20. The molecule has 0 aromatic heterocycles. The Bertz CT molecular complexity index is 707. The highest BCUT2D eigenvalue weighted by Crippen LogP contribution is 2.28. The van der Waals surface area contributed by atoms with E-state index in [-0.39, 0.29) is 11.9 Å². The molecule has 126 valence electrons. The van der Waals surface area contributed by atoms with E-state index in [4.69, 9.17) is 17.3 Å². The van der Waals surface area contributed by atoms with Gasteiger partial charge in [0.1, 0.15) is 0 Å². The van der Waals surface area contributed by atoms with E-state index in [1.807, 2.05) is 60.4 Å². The Balaban J connectivity index is 1.80. The normalized spacial score (nSPS) is 16.9. The topological polar surface area (TPSA) is 46.3 Å². The molecule has 1 saturated heterocycles. The predicted molar refractivity (Wildman–Crippen MR) is 99.2 cm³/mol. The summed E-state index contributed by atoms with van der Waals surface area (Å²) < 4.78 is 0. The first-order valence-corrected chi connectivity index (χ1v) is 8.84. The van der Waals surface area contributed by atoms with E-state index in [1.165, 1.54) is 0 Å². The molecule has 1 amide bonds. The zero-order valence-corrected chi connectivity index (χ0v) is 14.7. The maximum Gasteiger partial charge on any atom is 0.255 e. The number of hydrogen-bond donors (Lipinski definition) is 1. The number of halogens is 1. The van der Waals surface area contributed by atoms with Crippen molar-refractivity contribution in [3.8, 4) is 11.1 Å². The van der Waals surface area contributed by atoms with Crippen LogP contribution in [0.3, 0.4) is 0 Å². The molecule has 4 heteroatoms. The fraction of sp³-hybridized carbons (Fsp3) is 0.350. The number of likely N-dealkylation sites (tertiary alicyclic amines) is 1. The Hall–Kier alpha value is -1.84. The van der Waals surface area contributed by atoms with Gasteiger partial charge in [0.25, 0.3) is 5.91 Å². The van der Waals surface area contributed by atoms with E-state index in [0.717, 1.165) is 37.1 Å². The maximum absolute atomic E-state index is 12.9. The van der Waals surface area contributed by atoms with Crippen molar-refractivity contribution in [2.45, 2.75) is 25.8 Å². The summed E-state index contributed by atoms with van der Waals surface area (Å²) in [4.78, 5) is 14.8. The van der Waals surface area contributed by atoms with E-state index in [1.54, 1.807) is 0 Å². The van der Waals surface area contributed by atoms with E-state index in [2.05, 4.69) is 0 Å². The summed E-state index contributed by atoms with van der Waals surface area (Å²) >= 11 is 6.31. The van der Waals surface area contributed by atoms with Crippen LogP contribution in [-0.2, 0) is 0 Å². The van der Waals surface area contributed by atoms with Crippen molar-refractivity contribution in [2.24, 2.45) is 11.7 Å². The highest BCUT2D eigenvalue weighted by atomic mass is 35.5. The van der Waals surface area contributed by atoms with Crippen LogP contribution in [0.15, 0.2) is 48.5 Å². The molecule has 0 bridgehead atoms. The molecular formula is C20H23ClN2O. The van der Waals surface area contributed by atoms with Gasteiger partial charge in [0.05, 0.1) is 10.6 Å². The van der Waals surface area contributed by atoms with Crippen LogP contribution in [0.25, 0.3) is 11.1 Å². The highest BCUT2D eigenvalue weighted by molar-refractivity contribution is 6.34. The van der Waals surface area contributed by atoms with Gasteiger partial charge >= 0.3 is 0 Å². The fourth-order valence-electron chi connectivity index (χ4n) is 3.30. The van der Waals surface area contributed by atoms with Crippen molar-refractivity contribution in [3.63, 3.8) is 0 Å². The van der Waals surface area contributed by atoms with Gasteiger partial charge in [-0.25, -0.2) is 0 Å². The van der Waals surface area contributed by atoms with Crippen LogP contribution < -0.4 is 5.73 Å². The monoisotopic (exact) mass is 342 g/mol. The number of nitrogens with two attached hydrogens (primary N) is 1. The molecule has 1 fully saturated rings. The molecule has 1 aliphatic rings. The standard InChI is InChI=1S/C20H23ClN2O/c1-14(22)15-9-11-23(12-10-15)20(24)18-13-17(7-8-19(18)21)16-5-3-2-4-6-16/h2-8,13-15H,9-12,22H2,1H3. The summed E-state index contributed by atoms with van der Waals surface area (Å²) in [6.45, 7) is 3.54. The molecule has 2 N–H and O–H groups in total. The molecule has 0 aliphatic carbocycles. The summed E-state index contributed by atoms with van der Waals surface area (Å²) in [7, 11) is 0. The molecule has 0 radical (unpaired) electrons. The van der Waals surface area contributed by atoms with Crippen LogP contribution in [-0.4, -0.2) is 29.9 Å². The van der Waals surface area contributed by atoms with Gasteiger partial charge in [0.2, 0.25) is 0 Å². The molecule has 2 aromatic carbocycles. The maximum atomic E-state index is 12.9. The van der Waals surface area contributed by atoms with Gasteiger partial charge in [-0.3, -0.25) is 4.79 Å². The lowest BCUT2D eigenvalue weighted by molar-refractivity contribution is 0.0681. The minimum absolute atomic E-state index is 0.0147. The second kappa shape index (κ2) is 7.37. The molecule has 1 atom stereocenters. The Labute approximate surface area is 148 Å². The van der Waals surface area contributed by atoms with E-state index in [0.29, 0.717) is 16.5 Å². The van der Waals surface area contributed by atoms with E-state index in [9.17, 15) is 4.79 Å². The average Bonchev–Trinajstić information content (AvgIpc) is 2.62. The van der Waals surface area contributed by atoms with E-state index >= 15 is 0 Å². The van der Waals surface area contributed by atoms with Crippen LogP contribution in [0.1, 0.15) is 30.1 Å². The van der Waals surface area contributed by atoms with Gasteiger partial charge in [-0.1, -0.05) is 48.0 Å². The molecule has 1 unspecified atom stereocenters. The molecule has 2 aromatic rings. The van der Waals surface area contributed by atoms with Gasteiger partial charge < -0.3 is 10.6 Å². The molecule has 3 rings (SSSR count). The summed E-state index contributed by atoms with van der Waals surface area (Å²) in [6, 6.07) is 15.9. The van der Waals surface area contributed by atoms with Crippen LogP contribution in [0.4, 0.5) is 0 Å². The third kappa shape index (κ3) is 3.63. The lowest BCUT2D eigenvalue weighted by Gasteiger charge is -2.34. The third-order valence-electron chi connectivity index (χ3n) is 4.87. The van der Waals surface area contributed by atoms with Crippen LogP contribution in [0.2, 0.25) is 5.02 Å². The van der Waals surface area contributed by atoms with Gasteiger partial charge in [0.15, 0.2) is 0 Å². The minimum atomic E-state index is 0.0147. The zero-order chi connectivity index (χ0) is 17.1. The fourth-order valence-corrected chi connectivity index (χ4v) is 3.50. The van der Waals surface area contributed by atoms with Gasteiger partial charge in [0, 0.05) is 19.1 Å². The molecule has 0 spiro atoms. The number of piperidine rings is 1. The lowest BCUT2D eigenvalue weighted by atomic mass is 9.90. The highest BCUT2D eigenvalue weighted by Gasteiger charge is 2.26. The molecule has 1 heterocycles. The summed E-state index contributed by atoms with van der Waals surface area (Å²) in [6.07, 6.45) is 1.92. The zero-order valence-electron chi connectivity index (χ0n) is 13.9. The number of nitrogens with zero attached hydrogens (tertiary/aromatic N) is 1.